The zero-order chi connectivity index (χ0) is 23.6. The summed E-state index contributed by atoms with van der Waals surface area (Å²) in [5.41, 5.74) is 2.58. The number of esters is 1. The molecule has 0 amide bonds. The Morgan fingerprint density at radius 1 is 0.875 bits per heavy atom. The van der Waals surface area contributed by atoms with Gasteiger partial charge in [0.15, 0.2) is 0 Å². The third-order valence-corrected chi connectivity index (χ3v) is 10.8. The summed E-state index contributed by atoms with van der Waals surface area (Å²) in [6.45, 7) is 10.5. The summed E-state index contributed by atoms with van der Waals surface area (Å²) < 4.78 is 4.97. The molecular formula is C28H38O3Si. The molecule has 0 aliphatic rings. The van der Waals surface area contributed by atoms with Crippen LogP contribution < -0.4 is 10.4 Å². The summed E-state index contributed by atoms with van der Waals surface area (Å²) in [6, 6.07) is 20.4. The maximum atomic E-state index is 12.2. The molecule has 0 saturated carbocycles. The second kappa shape index (κ2) is 12.0. The third-order valence-electron chi connectivity index (χ3n) is 6.26. The van der Waals surface area contributed by atoms with Gasteiger partial charge in [0.2, 0.25) is 0 Å². The number of ether oxygens (including phenoxy) is 1. The van der Waals surface area contributed by atoms with E-state index in [1.54, 1.807) is 0 Å². The van der Waals surface area contributed by atoms with Crippen LogP contribution in [-0.4, -0.2) is 25.7 Å². The molecule has 0 aliphatic carbocycles. The average molecular weight is 451 g/mol. The topological polar surface area (TPSA) is 46.5 Å². The van der Waals surface area contributed by atoms with E-state index in [0.717, 1.165) is 36.1 Å². The first-order chi connectivity index (χ1) is 15.2. The van der Waals surface area contributed by atoms with Crippen molar-refractivity contribution >= 4 is 24.7 Å². The average Bonchev–Trinajstić information content (AvgIpc) is 2.78. The molecule has 0 spiro atoms. The van der Waals surface area contributed by atoms with Gasteiger partial charge in [-0.15, -0.1) is 0 Å². The van der Waals surface area contributed by atoms with Crippen molar-refractivity contribution < 1.29 is 14.3 Å². The van der Waals surface area contributed by atoms with Crippen molar-refractivity contribution in [2.24, 2.45) is 0 Å². The van der Waals surface area contributed by atoms with E-state index in [-0.39, 0.29) is 11.0 Å². The van der Waals surface area contributed by atoms with Crippen LogP contribution in [0.15, 0.2) is 84.0 Å². The maximum absolute atomic E-state index is 12.2. The van der Waals surface area contributed by atoms with E-state index in [4.69, 9.17) is 4.74 Å². The Morgan fingerprint density at radius 3 is 1.88 bits per heavy atom. The highest BCUT2D eigenvalue weighted by atomic mass is 28.4. The fourth-order valence-electron chi connectivity index (χ4n) is 4.05. The highest BCUT2D eigenvalue weighted by Crippen LogP contribution is 2.40. The van der Waals surface area contributed by atoms with Crippen molar-refractivity contribution in [3.05, 3.63) is 84.0 Å². The lowest BCUT2D eigenvalue weighted by Crippen LogP contribution is -2.65. The lowest BCUT2D eigenvalue weighted by Gasteiger charge is -2.41. The van der Waals surface area contributed by atoms with E-state index in [0.29, 0.717) is 6.61 Å². The molecule has 2 aromatic rings. The van der Waals surface area contributed by atoms with Crippen molar-refractivity contribution in [3.8, 4) is 0 Å². The second-order valence-corrected chi connectivity index (χ2v) is 13.2. The first-order valence-corrected chi connectivity index (χ1v) is 13.4. The molecule has 2 aromatic carbocycles. The molecule has 32 heavy (non-hydrogen) atoms. The molecule has 0 unspecified atom stereocenters. The largest absolute Gasteiger partial charge is 0.462 e. The molecule has 1 N–H and O–H groups in total. The lowest BCUT2D eigenvalue weighted by molar-refractivity contribution is -0.139. The van der Waals surface area contributed by atoms with Crippen LogP contribution in [0, 0.1) is 0 Å². The molecule has 0 heterocycles. The Balaban J connectivity index is 2.07. The van der Waals surface area contributed by atoms with Crippen LogP contribution in [0.3, 0.4) is 0 Å². The van der Waals surface area contributed by atoms with Gasteiger partial charge in [0, 0.05) is 6.92 Å². The smallest absolute Gasteiger partial charge is 0.302 e. The number of benzene rings is 2. The second-order valence-electron chi connectivity index (χ2n) is 9.27. The van der Waals surface area contributed by atoms with Gasteiger partial charge < -0.3 is 9.53 Å². The Bertz CT molecular complexity index is 875. The van der Waals surface area contributed by atoms with Crippen LogP contribution in [0.4, 0.5) is 0 Å². The van der Waals surface area contributed by atoms with Crippen LogP contribution in [0.2, 0.25) is 5.04 Å². The quantitative estimate of drug-likeness (QED) is 0.278. The van der Waals surface area contributed by atoms with Crippen LogP contribution in [0.5, 0.6) is 0 Å². The molecule has 0 fully saturated rings. The van der Waals surface area contributed by atoms with Crippen molar-refractivity contribution in [2.75, 3.05) is 6.61 Å². The zero-order valence-electron chi connectivity index (χ0n) is 20.2. The zero-order valence-corrected chi connectivity index (χ0v) is 21.2. The van der Waals surface area contributed by atoms with Crippen molar-refractivity contribution in [3.63, 3.8) is 0 Å². The summed E-state index contributed by atoms with van der Waals surface area (Å²) in [5.74, 6) is -0.248. The van der Waals surface area contributed by atoms with Crippen molar-refractivity contribution in [1.29, 1.82) is 0 Å². The summed E-state index contributed by atoms with van der Waals surface area (Å²) in [5, 5.41) is 1.89. The third kappa shape index (κ3) is 7.04. The van der Waals surface area contributed by atoms with Gasteiger partial charge in [-0.2, -0.15) is 0 Å². The van der Waals surface area contributed by atoms with Gasteiger partial charge in [0.25, 0.3) is 8.32 Å². The molecule has 0 aromatic heterocycles. The molecule has 3 nitrogen and oxygen atoms in total. The minimum absolute atomic E-state index is 0.231. The van der Waals surface area contributed by atoms with E-state index in [9.17, 15) is 9.59 Å². The molecule has 0 saturated heterocycles. The highest BCUT2D eigenvalue weighted by Gasteiger charge is 2.49. The van der Waals surface area contributed by atoms with Gasteiger partial charge >= 0.3 is 5.97 Å². The SMILES string of the molecule is CC(=O)OC/C=C(\C)CC/C=C(\C)CCC(C)(C)[Si](O)(c1ccccc1)c1ccccc1. The Hall–Kier alpha value is -2.43. The van der Waals surface area contributed by atoms with Gasteiger partial charge in [-0.3, -0.25) is 4.79 Å². The van der Waals surface area contributed by atoms with Crippen LogP contribution in [-0.2, 0) is 9.53 Å². The summed E-state index contributed by atoms with van der Waals surface area (Å²) in [7, 11) is -2.95. The molecule has 172 valence electrons. The number of hydrogen-bond acceptors (Lipinski definition) is 3. The van der Waals surface area contributed by atoms with E-state index < -0.39 is 8.32 Å². The van der Waals surface area contributed by atoms with Gasteiger partial charge in [0.1, 0.15) is 6.61 Å². The number of rotatable bonds is 11. The monoisotopic (exact) mass is 450 g/mol. The Labute approximate surface area is 195 Å². The van der Waals surface area contributed by atoms with E-state index in [1.807, 2.05) is 42.5 Å². The molecule has 2 rings (SSSR count). The van der Waals surface area contributed by atoms with E-state index >= 15 is 0 Å². The summed E-state index contributed by atoms with van der Waals surface area (Å²) in [6.07, 6.45) is 8.06. The minimum atomic E-state index is -2.95. The van der Waals surface area contributed by atoms with Crippen LogP contribution in [0.25, 0.3) is 0 Å². The number of allylic oxidation sites excluding steroid dienone is 3. The fourth-order valence-corrected chi connectivity index (χ4v) is 7.78. The Morgan fingerprint density at radius 2 is 1.38 bits per heavy atom. The molecule has 0 bridgehead atoms. The predicted octanol–water partition coefficient (Wildman–Crippen LogP) is 5.53. The molecule has 0 aliphatic heterocycles. The molecule has 0 atom stereocenters. The number of carbonyl (C=O) groups is 1. The van der Waals surface area contributed by atoms with Crippen molar-refractivity contribution in [2.45, 2.75) is 65.3 Å². The van der Waals surface area contributed by atoms with E-state index in [1.165, 1.54) is 18.1 Å². The van der Waals surface area contributed by atoms with Gasteiger partial charge in [-0.25, -0.2) is 0 Å². The van der Waals surface area contributed by atoms with Gasteiger partial charge in [-0.1, -0.05) is 91.7 Å². The maximum Gasteiger partial charge on any atom is 0.302 e. The predicted molar refractivity (Wildman–Crippen MR) is 137 cm³/mol. The summed E-state index contributed by atoms with van der Waals surface area (Å²) in [4.78, 5) is 23.1. The minimum Gasteiger partial charge on any atom is -0.462 e. The number of hydrogen-bond donors (Lipinski definition) is 1. The van der Waals surface area contributed by atoms with Crippen LogP contribution in [0.1, 0.15) is 60.3 Å². The standard InChI is InChI=1S/C28H38O3Si/c1-23(13-12-14-24(2)20-22-31-25(3)29)19-21-28(4,5)32(30,26-15-8-6-9-16-26)27-17-10-7-11-18-27/h6-11,13,15-18,20,30H,12,14,19,21-22H2,1-5H3/b23-13+,24-20+. The fraction of sp³-hybridized carbons (Fsp3) is 0.393. The molecular weight excluding hydrogens is 412 g/mol. The van der Waals surface area contributed by atoms with Crippen LogP contribution >= 0.6 is 0 Å². The van der Waals surface area contributed by atoms with Gasteiger partial charge in [-0.05, 0) is 61.0 Å². The van der Waals surface area contributed by atoms with Crippen molar-refractivity contribution in [1.82, 2.24) is 0 Å². The normalized spacial score (nSPS) is 13.2. The first-order valence-electron chi connectivity index (χ1n) is 11.4. The molecule has 0 radical (unpaired) electrons. The molecule has 4 heteroatoms. The highest BCUT2D eigenvalue weighted by molar-refractivity contribution is 6.98. The number of carbonyl (C=O) groups excluding carboxylic acids is 1. The Kier molecular flexibility index (Phi) is 9.67. The van der Waals surface area contributed by atoms with E-state index in [2.05, 4.69) is 58.0 Å². The van der Waals surface area contributed by atoms with Gasteiger partial charge in [0.05, 0.1) is 0 Å². The first kappa shape index (κ1) is 25.8. The summed E-state index contributed by atoms with van der Waals surface area (Å²) >= 11 is 0. The lowest BCUT2D eigenvalue weighted by atomic mass is 10.0.